The highest BCUT2D eigenvalue weighted by atomic mass is 19.1. The molecule has 4 nitrogen and oxygen atoms in total. The zero-order chi connectivity index (χ0) is 16.4. The second-order valence-electron chi connectivity index (χ2n) is 6.56. The number of nitrogens with zero attached hydrogens (tertiary/aromatic N) is 1. The lowest BCUT2D eigenvalue weighted by molar-refractivity contribution is -0.140. The molecule has 0 aromatic heterocycles. The van der Waals surface area contributed by atoms with Crippen LogP contribution in [0.1, 0.15) is 31.2 Å². The molecule has 0 N–H and O–H groups in total. The van der Waals surface area contributed by atoms with Gasteiger partial charge in [-0.2, -0.15) is 0 Å². The Kier molecular flexibility index (Phi) is 4.69. The lowest BCUT2D eigenvalue weighted by atomic mass is 9.79. The number of carbonyl (C=O) groups is 1. The summed E-state index contributed by atoms with van der Waals surface area (Å²) in [6, 6.07) is 6.30. The number of methoxy groups -OCH3 is 2. The largest absolute Gasteiger partial charge is 0.381 e. The fraction of sp³-hybridized carbons (Fsp3) is 0.611. The fourth-order valence-corrected chi connectivity index (χ4v) is 4.10. The summed E-state index contributed by atoms with van der Waals surface area (Å²) >= 11 is 0. The van der Waals surface area contributed by atoms with Gasteiger partial charge in [-0.05, 0) is 43.4 Å². The van der Waals surface area contributed by atoms with Gasteiger partial charge in [-0.15, -0.1) is 0 Å². The smallest absolute Gasteiger partial charge is 0.227 e. The molecule has 0 unspecified atom stereocenters. The summed E-state index contributed by atoms with van der Waals surface area (Å²) in [6.45, 7) is 0.698. The van der Waals surface area contributed by atoms with Gasteiger partial charge >= 0.3 is 0 Å². The number of halogens is 1. The van der Waals surface area contributed by atoms with Gasteiger partial charge in [-0.3, -0.25) is 4.79 Å². The summed E-state index contributed by atoms with van der Waals surface area (Å²) in [7, 11) is 3.46. The van der Waals surface area contributed by atoms with Crippen molar-refractivity contribution in [2.24, 2.45) is 0 Å². The lowest BCUT2D eigenvalue weighted by Gasteiger charge is -2.43. The van der Waals surface area contributed by atoms with Gasteiger partial charge in [-0.25, -0.2) is 4.39 Å². The first-order valence-corrected chi connectivity index (χ1v) is 8.20. The van der Waals surface area contributed by atoms with Crippen LogP contribution < -0.4 is 0 Å². The summed E-state index contributed by atoms with van der Waals surface area (Å²) in [6.07, 6.45) is 3.94. The second-order valence-corrected chi connectivity index (χ2v) is 6.56. The summed E-state index contributed by atoms with van der Waals surface area (Å²) in [5.74, 6) is -0.267. The van der Waals surface area contributed by atoms with Crippen molar-refractivity contribution in [3.05, 3.63) is 35.6 Å². The summed E-state index contributed by atoms with van der Waals surface area (Å²) in [5, 5.41) is 0. The van der Waals surface area contributed by atoms with Gasteiger partial charge in [0.25, 0.3) is 0 Å². The minimum absolute atomic E-state index is 0.0382. The first-order valence-electron chi connectivity index (χ1n) is 8.20. The predicted octanol–water partition coefficient (Wildman–Crippen LogP) is 2.55. The Morgan fingerprint density at radius 3 is 2.91 bits per heavy atom. The van der Waals surface area contributed by atoms with Crippen LogP contribution in [0.4, 0.5) is 4.39 Å². The number of carbonyl (C=O) groups excluding carboxylic acids is 1. The van der Waals surface area contributed by atoms with E-state index in [2.05, 4.69) is 0 Å². The average Bonchev–Trinajstić information content (AvgIpc) is 2.94. The molecule has 1 saturated carbocycles. The zero-order valence-corrected chi connectivity index (χ0v) is 13.8. The molecule has 1 aliphatic carbocycles. The molecule has 1 heterocycles. The predicted molar refractivity (Wildman–Crippen MR) is 84.6 cm³/mol. The van der Waals surface area contributed by atoms with E-state index in [9.17, 15) is 9.18 Å². The van der Waals surface area contributed by atoms with Gasteiger partial charge in [0.1, 0.15) is 5.82 Å². The molecule has 0 spiro atoms. The van der Waals surface area contributed by atoms with Crippen molar-refractivity contribution in [3.63, 3.8) is 0 Å². The molecule has 1 amide bonds. The minimum atomic E-state index is -0.305. The van der Waals surface area contributed by atoms with Gasteiger partial charge in [0, 0.05) is 20.8 Å². The van der Waals surface area contributed by atoms with Gasteiger partial charge in [0.05, 0.1) is 24.2 Å². The number of hydrogen-bond acceptors (Lipinski definition) is 3. The van der Waals surface area contributed by atoms with Crippen LogP contribution in [0.25, 0.3) is 0 Å². The van der Waals surface area contributed by atoms with E-state index in [0.29, 0.717) is 12.1 Å². The van der Waals surface area contributed by atoms with E-state index in [4.69, 9.17) is 9.47 Å². The van der Waals surface area contributed by atoms with Gasteiger partial charge in [-0.1, -0.05) is 12.1 Å². The Bertz CT molecular complexity index is 579. The quantitative estimate of drug-likeness (QED) is 0.855. The highest BCUT2D eigenvalue weighted by Crippen LogP contribution is 2.43. The number of benzene rings is 1. The van der Waals surface area contributed by atoms with E-state index in [1.54, 1.807) is 26.4 Å². The number of hydrogen-bond donors (Lipinski definition) is 0. The van der Waals surface area contributed by atoms with Crippen LogP contribution in [-0.2, 0) is 20.7 Å². The Morgan fingerprint density at radius 1 is 1.39 bits per heavy atom. The van der Waals surface area contributed by atoms with Crippen LogP contribution in [0.5, 0.6) is 0 Å². The molecular weight excluding hydrogens is 297 g/mol. The molecule has 2 aliphatic rings. The van der Waals surface area contributed by atoms with Crippen molar-refractivity contribution in [2.45, 2.75) is 49.9 Å². The number of fused-ring (bicyclic) bond motifs is 1. The fourth-order valence-electron chi connectivity index (χ4n) is 4.10. The van der Waals surface area contributed by atoms with Crippen LogP contribution in [0, 0.1) is 5.82 Å². The summed E-state index contributed by atoms with van der Waals surface area (Å²) in [5.41, 5.74) is 0.469. The SMILES string of the molecule is CO[C@H]1CC[C@@]2(OC)CCN(C(=O)Cc3cccc(F)c3)[C@H]2C1. The molecule has 3 atom stereocenters. The standard InChI is InChI=1S/C18H24FNO3/c1-22-15-6-7-18(23-2)8-9-20(16(18)12-15)17(21)11-13-4-3-5-14(19)10-13/h3-5,10,15-16H,6-9,11-12H2,1-2H3/t15-,16-,18+/m0/s1. The van der Waals surface area contributed by atoms with Crippen LogP contribution >= 0.6 is 0 Å². The molecule has 1 aliphatic heterocycles. The minimum Gasteiger partial charge on any atom is -0.381 e. The second kappa shape index (κ2) is 6.57. The number of ether oxygens (including phenoxy) is 2. The molecule has 0 bridgehead atoms. The lowest BCUT2D eigenvalue weighted by Crippen LogP contribution is -2.53. The summed E-state index contributed by atoms with van der Waals surface area (Å²) in [4.78, 5) is 14.7. The highest BCUT2D eigenvalue weighted by molar-refractivity contribution is 5.79. The maximum Gasteiger partial charge on any atom is 0.227 e. The molecule has 2 fully saturated rings. The summed E-state index contributed by atoms with van der Waals surface area (Å²) < 4.78 is 24.7. The topological polar surface area (TPSA) is 38.8 Å². The molecular formula is C18H24FNO3. The van der Waals surface area contributed by atoms with E-state index in [-0.39, 0.29) is 35.9 Å². The van der Waals surface area contributed by atoms with Crippen molar-refractivity contribution in [2.75, 3.05) is 20.8 Å². The van der Waals surface area contributed by atoms with Crippen molar-refractivity contribution >= 4 is 5.91 Å². The molecule has 126 valence electrons. The number of amides is 1. The molecule has 1 saturated heterocycles. The first kappa shape index (κ1) is 16.4. The highest BCUT2D eigenvalue weighted by Gasteiger charge is 2.52. The van der Waals surface area contributed by atoms with Gasteiger partial charge in [0.15, 0.2) is 0 Å². The maximum absolute atomic E-state index is 13.3. The Hall–Kier alpha value is -1.46. The van der Waals surface area contributed by atoms with Crippen molar-refractivity contribution in [1.29, 1.82) is 0 Å². The molecule has 5 heteroatoms. The molecule has 23 heavy (non-hydrogen) atoms. The van der Waals surface area contributed by atoms with Gasteiger partial charge in [0.2, 0.25) is 5.91 Å². The van der Waals surface area contributed by atoms with Crippen LogP contribution in [0.3, 0.4) is 0 Å². The molecule has 1 aromatic rings. The van der Waals surface area contributed by atoms with E-state index < -0.39 is 0 Å². The Balaban J connectivity index is 1.75. The normalized spacial score (nSPS) is 30.3. The van der Waals surface area contributed by atoms with E-state index >= 15 is 0 Å². The number of likely N-dealkylation sites (tertiary alicyclic amines) is 1. The van der Waals surface area contributed by atoms with Crippen molar-refractivity contribution in [3.8, 4) is 0 Å². The van der Waals surface area contributed by atoms with Gasteiger partial charge < -0.3 is 14.4 Å². The monoisotopic (exact) mass is 321 g/mol. The molecule has 1 aromatic carbocycles. The van der Waals surface area contributed by atoms with Crippen molar-refractivity contribution < 1.29 is 18.7 Å². The Labute approximate surface area is 136 Å². The average molecular weight is 321 g/mol. The Morgan fingerprint density at radius 2 is 2.22 bits per heavy atom. The zero-order valence-electron chi connectivity index (χ0n) is 13.8. The third-order valence-corrected chi connectivity index (χ3v) is 5.44. The van der Waals surface area contributed by atoms with E-state index in [1.807, 2.05) is 4.90 Å². The first-order chi connectivity index (χ1) is 11.1. The van der Waals surface area contributed by atoms with Crippen LogP contribution in [0.15, 0.2) is 24.3 Å². The van der Waals surface area contributed by atoms with E-state index in [1.165, 1.54) is 12.1 Å². The van der Waals surface area contributed by atoms with Crippen LogP contribution in [0.2, 0.25) is 0 Å². The van der Waals surface area contributed by atoms with Crippen molar-refractivity contribution in [1.82, 2.24) is 4.90 Å². The third-order valence-electron chi connectivity index (χ3n) is 5.44. The maximum atomic E-state index is 13.3. The third kappa shape index (κ3) is 3.12. The van der Waals surface area contributed by atoms with E-state index in [0.717, 1.165) is 25.7 Å². The molecule has 3 rings (SSSR count). The molecule has 0 radical (unpaired) electrons. The number of rotatable bonds is 4. The van der Waals surface area contributed by atoms with Crippen LogP contribution in [-0.4, -0.2) is 49.3 Å².